The number of hydrogen-bond acceptors (Lipinski definition) is 3. The third-order valence-electron chi connectivity index (χ3n) is 3.70. The van der Waals surface area contributed by atoms with E-state index in [1.165, 1.54) is 0 Å². The van der Waals surface area contributed by atoms with E-state index >= 15 is 0 Å². The summed E-state index contributed by atoms with van der Waals surface area (Å²) in [5.41, 5.74) is 1.70. The van der Waals surface area contributed by atoms with Crippen LogP contribution in [0, 0.1) is 0 Å². The molecular weight excluding hydrogens is 256 g/mol. The first-order valence-electron chi connectivity index (χ1n) is 6.36. The third-order valence-corrected chi connectivity index (χ3v) is 5.06. The average molecular weight is 272 g/mol. The maximum Gasteiger partial charge on any atom is 0.219 e. The van der Waals surface area contributed by atoms with Gasteiger partial charge in [0.1, 0.15) is 5.04 Å². The first-order valence-corrected chi connectivity index (χ1v) is 7.18. The van der Waals surface area contributed by atoms with Crippen LogP contribution in [0.4, 0.5) is 0 Å². The van der Waals surface area contributed by atoms with Gasteiger partial charge in [-0.25, -0.2) is 0 Å². The van der Waals surface area contributed by atoms with Crippen molar-refractivity contribution in [3.63, 3.8) is 0 Å². The van der Waals surface area contributed by atoms with Gasteiger partial charge in [-0.05, 0) is 26.8 Å². The van der Waals surface area contributed by atoms with Crippen LogP contribution in [0.25, 0.3) is 10.9 Å². The molecule has 0 bridgehead atoms. The molecule has 1 atom stereocenters. The highest BCUT2D eigenvalue weighted by atomic mass is 32.2. The van der Waals surface area contributed by atoms with Crippen molar-refractivity contribution in [2.75, 3.05) is 0 Å². The van der Waals surface area contributed by atoms with Crippen LogP contribution in [0.2, 0.25) is 0 Å². The number of para-hydroxylation sites is 1. The summed E-state index contributed by atoms with van der Waals surface area (Å²) in [4.78, 5) is 20.2. The molecule has 3 nitrogen and oxygen atoms in total. The number of benzene rings is 1. The van der Waals surface area contributed by atoms with E-state index in [-0.39, 0.29) is 16.6 Å². The van der Waals surface area contributed by atoms with Gasteiger partial charge in [-0.3, -0.25) is 9.79 Å². The molecule has 1 N–H and O–H groups in total. The zero-order chi connectivity index (χ0) is 13.6. The number of carbonyl (C=O) groups excluding carboxylic acids is 1. The lowest BCUT2D eigenvalue weighted by Crippen LogP contribution is -2.24. The summed E-state index contributed by atoms with van der Waals surface area (Å²) in [6.07, 6.45) is 1.78. The normalized spacial score (nSPS) is 21.6. The van der Waals surface area contributed by atoms with E-state index in [0.717, 1.165) is 10.9 Å². The molecule has 1 aromatic heterocycles. The van der Waals surface area contributed by atoms with Crippen molar-refractivity contribution < 1.29 is 4.79 Å². The van der Waals surface area contributed by atoms with Crippen LogP contribution in [0.15, 0.2) is 35.5 Å². The number of fused-ring (bicyclic) bond motifs is 1. The highest BCUT2D eigenvalue weighted by Crippen LogP contribution is 2.38. The van der Waals surface area contributed by atoms with Crippen molar-refractivity contribution in [2.24, 2.45) is 4.99 Å². The largest absolute Gasteiger partial charge is 0.360 e. The second-order valence-corrected chi connectivity index (χ2v) is 7.04. The molecule has 1 aliphatic rings. The Morgan fingerprint density at radius 3 is 2.79 bits per heavy atom. The Bertz CT molecular complexity index is 684. The molecule has 1 aromatic carbocycles. The number of aliphatic imine (C=N–C) groups is 1. The van der Waals surface area contributed by atoms with Crippen molar-refractivity contribution >= 4 is 33.5 Å². The minimum atomic E-state index is -0.00287. The fourth-order valence-corrected chi connectivity index (χ4v) is 3.31. The number of nitrogens with one attached hydrogen (secondary N) is 1. The number of hydrogen-bond donors (Lipinski definition) is 1. The van der Waals surface area contributed by atoms with Crippen LogP contribution < -0.4 is 0 Å². The quantitative estimate of drug-likeness (QED) is 0.848. The SMILES string of the molecule is C[C@@H]1N=C(C(=O)c2c[nH]c3ccccc23)SC1(C)C. The number of aromatic amines is 1. The van der Waals surface area contributed by atoms with Crippen LogP contribution in [-0.4, -0.2) is 26.6 Å². The van der Waals surface area contributed by atoms with E-state index in [1.807, 2.05) is 24.3 Å². The lowest BCUT2D eigenvalue weighted by Gasteiger charge is -2.19. The Morgan fingerprint density at radius 2 is 2.11 bits per heavy atom. The van der Waals surface area contributed by atoms with Crippen molar-refractivity contribution in [2.45, 2.75) is 31.6 Å². The third kappa shape index (κ3) is 2.00. The molecule has 0 fully saturated rings. The zero-order valence-corrected chi connectivity index (χ0v) is 12.0. The summed E-state index contributed by atoms with van der Waals surface area (Å²) in [6, 6.07) is 8.01. The van der Waals surface area contributed by atoms with Crippen LogP contribution in [0.3, 0.4) is 0 Å². The Kier molecular flexibility index (Phi) is 2.78. The van der Waals surface area contributed by atoms with Gasteiger partial charge in [0.25, 0.3) is 0 Å². The number of thioether (sulfide) groups is 1. The van der Waals surface area contributed by atoms with Gasteiger partial charge in [-0.15, -0.1) is 0 Å². The minimum absolute atomic E-state index is 0.00287. The van der Waals surface area contributed by atoms with Crippen LogP contribution in [-0.2, 0) is 0 Å². The van der Waals surface area contributed by atoms with E-state index in [4.69, 9.17) is 0 Å². The molecule has 2 heterocycles. The standard InChI is InChI=1S/C15H16N2OS/c1-9-15(2,3)19-14(17-9)13(18)11-8-16-12-7-5-4-6-10(11)12/h4-9,16H,1-3H3/t9-/m0/s1. The summed E-state index contributed by atoms with van der Waals surface area (Å²) in [7, 11) is 0. The number of H-pyrrole nitrogens is 1. The van der Waals surface area contributed by atoms with Gasteiger partial charge in [0, 0.05) is 21.8 Å². The molecule has 0 aliphatic carbocycles. The van der Waals surface area contributed by atoms with Gasteiger partial charge in [0.2, 0.25) is 5.78 Å². The molecule has 0 radical (unpaired) electrons. The first-order chi connectivity index (χ1) is 8.99. The molecule has 0 saturated heterocycles. The van der Waals surface area contributed by atoms with E-state index in [0.29, 0.717) is 10.6 Å². The summed E-state index contributed by atoms with van der Waals surface area (Å²) in [6.45, 7) is 6.31. The van der Waals surface area contributed by atoms with Gasteiger partial charge < -0.3 is 4.98 Å². The number of aromatic nitrogens is 1. The lowest BCUT2D eigenvalue weighted by molar-refractivity contribution is 0.107. The minimum Gasteiger partial charge on any atom is -0.360 e. The van der Waals surface area contributed by atoms with Gasteiger partial charge >= 0.3 is 0 Å². The van der Waals surface area contributed by atoms with Crippen molar-refractivity contribution in [3.8, 4) is 0 Å². The molecule has 0 unspecified atom stereocenters. The Labute approximate surface area is 116 Å². The van der Waals surface area contributed by atoms with Crippen LogP contribution in [0.1, 0.15) is 31.1 Å². The molecule has 1 aliphatic heterocycles. The summed E-state index contributed by atoms with van der Waals surface area (Å²) in [5.74, 6) is 0.0277. The van der Waals surface area contributed by atoms with E-state index in [2.05, 4.69) is 30.7 Å². The van der Waals surface area contributed by atoms with Gasteiger partial charge in [-0.2, -0.15) is 0 Å². The number of rotatable bonds is 2. The van der Waals surface area contributed by atoms with Crippen molar-refractivity contribution in [1.82, 2.24) is 4.98 Å². The van der Waals surface area contributed by atoms with Gasteiger partial charge in [-0.1, -0.05) is 30.0 Å². The fourth-order valence-electron chi connectivity index (χ4n) is 2.17. The molecule has 0 saturated carbocycles. The molecule has 98 valence electrons. The van der Waals surface area contributed by atoms with Crippen molar-refractivity contribution in [3.05, 3.63) is 36.0 Å². The number of carbonyl (C=O) groups is 1. The predicted molar refractivity (Wildman–Crippen MR) is 81.2 cm³/mol. The van der Waals surface area contributed by atoms with E-state index < -0.39 is 0 Å². The predicted octanol–water partition coefficient (Wildman–Crippen LogP) is 3.66. The van der Waals surface area contributed by atoms with Crippen LogP contribution >= 0.6 is 11.8 Å². The zero-order valence-electron chi connectivity index (χ0n) is 11.2. The smallest absolute Gasteiger partial charge is 0.219 e. The van der Waals surface area contributed by atoms with Crippen molar-refractivity contribution in [1.29, 1.82) is 0 Å². The molecular formula is C15H16N2OS. The van der Waals surface area contributed by atoms with Gasteiger partial charge in [0.15, 0.2) is 0 Å². The summed E-state index contributed by atoms with van der Waals surface area (Å²) >= 11 is 1.58. The maximum absolute atomic E-state index is 12.6. The fraction of sp³-hybridized carbons (Fsp3) is 0.333. The number of Topliss-reactive ketones (excluding diaryl/α,β-unsaturated/α-hetero) is 1. The van der Waals surface area contributed by atoms with E-state index in [9.17, 15) is 4.79 Å². The molecule has 0 amide bonds. The van der Waals surface area contributed by atoms with Gasteiger partial charge in [0.05, 0.1) is 11.6 Å². The monoisotopic (exact) mass is 272 g/mol. The summed E-state index contributed by atoms with van der Waals surface area (Å²) < 4.78 is -0.00287. The molecule has 4 heteroatoms. The van der Waals surface area contributed by atoms with E-state index in [1.54, 1.807) is 18.0 Å². The maximum atomic E-state index is 12.6. The second kappa shape index (κ2) is 4.23. The number of nitrogens with zero attached hydrogens (tertiary/aromatic N) is 1. The Balaban J connectivity index is 2.00. The Hall–Kier alpha value is -1.55. The highest BCUT2D eigenvalue weighted by Gasteiger charge is 2.37. The van der Waals surface area contributed by atoms with Crippen LogP contribution in [0.5, 0.6) is 0 Å². The average Bonchev–Trinajstić information content (AvgIpc) is 2.91. The number of ketones is 1. The molecule has 3 rings (SSSR count). The first kappa shape index (κ1) is 12.5. The molecule has 19 heavy (non-hydrogen) atoms. The molecule has 0 spiro atoms. The summed E-state index contributed by atoms with van der Waals surface area (Å²) in [5, 5.41) is 1.59. The molecule has 2 aromatic rings. The second-order valence-electron chi connectivity index (χ2n) is 5.39. The highest BCUT2D eigenvalue weighted by molar-refractivity contribution is 8.17. The lowest BCUT2D eigenvalue weighted by atomic mass is 10.1. The Morgan fingerprint density at radius 1 is 1.37 bits per heavy atom. The topological polar surface area (TPSA) is 45.2 Å².